The van der Waals surface area contributed by atoms with Gasteiger partial charge in [-0.25, -0.2) is 4.98 Å². The predicted molar refractivity (Wildman–Crippen MR) is 54.0 cm³/mol. The van der Waals surface area contributed by atoms with Crippen LogP contribution in [0, 0.1) is 6.92 Å². The minimum Gasteiger partial charge on any atom is -0.355 e. The van der Waals surface area contributed by atoms with Gasteiger partial charge < -0.3 is 10.6 Å². The fraction of sp³-hybridized carbons (Fsp3) is 0.500. The first-order chi connectivity index (χ1) is 6.34. The number of hydrogen-bond acceptors (Lipinski definition) is 5. The number of guanidine groups is 1. The lowest BCUT2D eigenvalue weighted by Crippen LogP contribution is -2.33. The van der Waals surface area contributed by atoms with Crippen LogP contribution in [-0.2, 0) is 6.54 Å². The van der Waals surface area contributed by atoms with Crippen LogP contribution < -0.4 is 10.6 Å². The van der Waals surface area contributed by atoms with E-state index in [-0.39, 0.29) is 0 Å². The van der Waals surface area contributed by atoms with E-state index in [9.17, 15) is 0 Å². The first kappa shape index (κ1) is 8.50. The van der Waals surface area contributed by atoms with Crippen molar-refractivity contribution in [2.24, 2.45) is 4.99 Å². The Labute approximate surface area is 81.1 Å². The van der Waals surface area contributed by atoms with Gasteiger partial charge in [0.15, 0.2) is 5.96 Å². The summed E-state index contributed by atoms with van der Waals surface area (Å²) in [5, 5.41) is 9.51. The number of aliphatic imine (C=N–C) groups is 1. The van der Waals surface area contributed by atoms with Gasteiger partial charge in [-0.15, -0.1) is 11.3 Å². The fourth-order valence-electron chi connectivity index (χ4n) is 1.16. The largest absolute Gasteiger partial charge is 0.355 e. The quantitative estimate of drug-likeness (QED) is 0.724. The molecule has 0 atom stereocenters. The molecule has 1 aliphatic rings. The number of aryl methyl sites for hydroxylation is 1. The molecule has 2 rings (SSSR count). The summed E-state index contributed by atoms with van der Waals surface area (Å²) in [5.41, 5.74) is 1.09. The lowest BCUT2D eigenvalue weighted by molar-refractivity contribution is 0.856. The van der Waals surface area contributed by atoms with Crippen molar-refractivity contribution in [3.63, 3.8) is 0 Å². The molecule has 13 heavy (non-hydrogen) atoms. The van der Waals surface area contributed by atoms with Gasteiger partial charge in [0, 0.05) is 17.6 Å². The summed E-state index contributed by atoms with van der Waals surface area (Å²) in [6.07, 6.45) is 0. The zero-order valence-corrected chi connectivity index (χ0v) is 8.32. The van der Waals surface area contributed by atoms with Crippen LogP contribution in [0.2, 0.25) is 0 Å². The van der Waals surface area contributed by atoms with E-state index in [4.69, 9.17) is 0 Å². The molecule has 0 fully saturated rings. The van der Waals surface area contributed by atoms with E-state index in [1.807, 2.05) is 6.92 Å². The molecule has 70 valence electrons. The summed E-state index contributed by atoms with van der Waals surface area (Å²) in [6, 6.07) is 0. The average molecular weight is 196 g/mol. The molecule has 0 unspecified atom stereocenters. The zero-order chi connectivity index (χ0) is 9.10. The van der Waals surface area contributed by atoms with E-state index in [0.29, 0.717) is 0 Å². The number of hydrogen-bond donors (Lipinski definition) is 2. The Bertz CT molecular complexity index is 318. The molecule has 0 spiro atoms. The summed E-state index contributed by atoms with van der Waals surface area (Å²) in [7, 11) is 0. The summed E-state index contributed by atoms with van der Waals surface area (Å²) in [4.78, 5) is 8.57. The van der Waals surface area contributed by atoms with Crippen LogP contribution in [0.3, 0.4) is 0 Å². The van der Waals surface area contributed by atoms with Gasteiger partial charge in [-0.2, -0.15) is 0 Å². The Morgan fingerprint density at radius 1 is 1.69 bits per heavy atom. The minimum absolute atomic E-state index is 0.768. The highest BCUT2D eigenvalue weighted by Crippen LogP contribution is 2.07. The molecule has 0 bridgehead atoms. The van der Waals surface area contributed by atoms with Crippen molar-refractivity contribution < 1.29 is 0 Å². The molecule has 1 aromatic heterocycles. The first-order valence-electron chi connectivity index (χ1n) is 4.28. The van der Waals surface area contributed by atoms with E-state index >= 15 is 0 Å². The summed E-state index contributed by atoms with van der Waals surface area (Å²) in [5.74, 6) is 0.896. The van der Waals surface area contributed by atoms with E-state index in [1.54, 1.807) is 11.3 Å². The molecule has 2 heterocycles. The first-order valence-corrected chi connectivity index (χ1v) is 5.16. The topological polar surface area (TPSA) is 49.3 Å². The predicted octanol–water partition coefficient (Wildman–Crippen LogP) is 0.500. The number of nitrogens with zero attached hydrogens (tertiary/aromatic N) is 2. The minimum atomic E-state index is 0.768. The highest BCUT2D eigenvalue weighted by Gasteiger charge is 2.04. The molecule has 1 aromatic rings. The van der Waals surface area contributed by atoms with Crippen LogP contribution in [0.15, 0.2) is 10.4 Å². The normalized spacial score (nSPS) is 15.3. The van der Waals surface area contributed by atoms with E-state index in [1.165, 1.54) is 0 Å². The van der Waals surface area contributed by atoms with E-state index < -0.39 is 0 Å². The maximum Gasteiger partial charge on any atom is 0.191 e. The smallest absolute Gasteiger partial charge is 0.191 e. The lowest BCUT2D eigenvalue weighted by atomic mass is 10.6. The number of aromatic nitrogens is 1. The molecule has 1 aliphatic heterocycles. The van der Waals surface area contributed by atoms with Gasteiger partial charge in [0.2, 0.25) is 0 Å². The second-order valence-electron chi connectivity index (χ2n) is 2.89. The monoisotopic (exact) mass is 196 g/mol. The molecule has 0 saturated carbocycles. The molecule has 0 radical (unpaired) electrons. The molecule has 0 amide bonds. The number of thiazole rings is 1. The lowest BCUT2D eigenvalue weighted by Gasteiger charge is -2.02. The maximum atomic E-state index is 4.34. The Kier molecular flexibility index (Phi) is 2.44. The third kappa shape index (κ3) is 2.18. The molecular formula is C8H12N4S. The standard InChI is InChI=1S/C8H12N4S/c1-6-5-13-7(12-6)4-11-8-9-2-3-10-8/h5H,2-4H2,1H3,(H2,9,10,11). The zero-order valence-electron chi connectivity index (χ0n) is 7.50. The highest BCUT2D eigenvalue weighted by atomic mass is 32.1. The van der Waals surface area contributed by atoms with Crippen molar-refractivity contribution >= 4 is 17.3 Å². The Balaban J connectivity index is 1.85. The molecular weight excluding hydrogens is 184 g/mol. The third-order valence-corrected chi connectivity index (χ3v) is 2.71. The molecule has 5 heteroatoms. The van der Waals surface area contributed by atoms with Gasteiger partial charge in [0.25, 0.3) is 0 Å². The second-order valence-corrected chi connectivity index (χ2v) is 3.84. The highest BCUT2D eigenvalue weighted by molar-refractivity contribution is 7.09. The van der Waals surface area contributed by atoms with Gasteiger partial charge in [-0.3, -0.25) is 4.99 Å². The van der Waals surface area contributed by atoms with Crippen molar-refractivity contribution in [3.05, 3.63) is 16.1 Å². The van der Waals surface area contributed by atoms with Gasteiger partial charge in [0.05, 0.1) is 13.1 Å². The maximum absolute atomic E-state index is 4.34. The number of rotatable bonds is 2. The van der Waals surface area contributed by atoms with Crippen LogP contribution in [-0.4, -0.2) is 24.0 Å². The van der Waals surface area contributed by atoms with Crippen molar-refractivity contribution in [3.8, 4) is 0 Å². The van der Waals surface area contributed by atoms with Crippen molar-refractivity contribution in [2.75, 3.05) is 13.1 Å². The summed E-state index contributed by atoms with van der Waals surface area (Å²) < 4.78 is 0. The Morgan fingerprint density at radius 3 is 3.23 bits per heavy atom. The van der Waals surface area contributed by atoms with E-state index in [0.717, 1.165) is 36.3 Å². The van der Waals surface area contributed by atoms with Gasteiger partial charge in [-0.05, 0) is 6.92 Å². The van der Waals surface area contributed by atoms with Gasteiger partial charge in [-0.1, -0.05) is 0 Å². The van der Waals surface area contributed by atoms with Gasteiger partial charge in [0.1, 0.15) is 5.01 Å². The van der Waals surface area contributed by atoms with Crippen molar-refractivity contribution in [1.29, 1.82) is 0 Å². The molecule has 0 saturated heterocycles. The van der Waals surface area contributed by atoms with Crippen LogP contribution in [0.1, 0.15) is 10.7 Å². The molecule has 4 nitrogen and oxygen atoms in total. The summed E-state index contributed by atoms with van der Waals surface area (Å²) >= 11 is 1.68. The Morgan fingerprint density at radius 2 is 2.62 bits per heavy atom. The van der Waals surface area contributed by atoms with Crippen LogP contribution >= 0.6 is 11.3 Å². The Hall–Kier alpha value is -1.10. The van der Waals surface area contributed by atoms with Crippen molar-refractivity contribution in [1.82, 2.24) is 15.6 Å². The second kappa shape index (κ2) is 3.74. The van der Waals surface area contributed by atoms with Crippen molar-refractivity contribution in [2.45, 2.75) is 13.5 Å². The number of nitrogens with one attached hydrogen (secondary N) is 2. The molecule has 2 N–H and O–H groups in total. The van der Waals surface area contributed by atoms with E-state index in [2.05, 4.69) is 26.0 Å². The summed E-state index contributed by atoms with van der Waals surface area (Å²) in [6.45, 7) is 4.59. The SMILES string of the molecule is Cc1csc(CNC2=NCCN2)n1. The fourth-order valence-corrected chi connectivity index (χ4v) is 1.87. The van der Waals surface area contributed by atoms with Crippen LogP contribution in [0.4, 0.5) is 0 Å². The average Bonchev–Trinajstić information content (AvgIpc) is 2.71. The van der Waals surface area contributed by atoms with Crippen LogP contribution in [0.25, 0.3) is 0 Å². The van der Waals surface area contributed by atoms with Crippen LogP contribution in [0.5, 0.6) is 0 Å². The molecule has 0 aromatic carbocycles. The van der Waals surface area contributed by atoms with Gasteiger partial charge >= 0.3 is 0 Å². The third-order valence-electron chi connectivity index (χ3n) is 1.75. The molecule has 0 aliphatic carbocycles.